The Kier molecular flexibility index (Phi) is 4.64. The van der Waals surface area contributed by atoms with Crippen molar-refractivity contribution in [3.05, 3.63) is 29.8 Å². The van der Waals surface area contributed by atoms with Crippen LogP contribution in [0.4, 0.5) is 4.39 Å². The molecule has 98 valence electrons. The van der Waals surface area contributed by atoms with Crippen LogP contribution in [0.3, 0.4) is 0 Å². The number of likely N-dealkylation sites (tertiary alicyclic amines) is 1. The molecule has 1 aliphatic rings. The van der Waals surface area contributed by atoms with Gasteiger partial charge in [0.2, 0.25) is 5.95 Å². The zero-order valence-electron chi connectivity index (χ0n) is 10.4. The fourth-order valence-electron chi connectivity index (χ4n) is 2.16. The maximum atomic E-state index is 12.8. The van der Waals surface area contributed by atoms with Gasteiger partial charge in [-0.3, -0.25) is 4.79 Å². The molecular weight excluding hydrogens is 233 g/mol. The molecule has 1 saturated heterocycles. The van der Waals surface area contributed by atoms with Crippen molar-refractivity contribution in [3.63, 3.8) is 0 Å². The zero-order chi connectivity index (χ0) is 12.8. The number of carbonyl (C=O) groups excluding carboxylic acids is 1. The second kappa shape index (κ2) is 6.44. The second-order valence-corrected chi connectivity index (χ2v) is 4.53. The lowest BCUT2D eigenvalue weighted by molar-refractivity contribution is 0.0946. The Labute approximate surface area is 106 Å². The third-order valence-corrected chi connectivity index (χ3v) is 3.15. The fourth-order valence-corrected chi connectivity index (χ4v) is 2.16. The molecule has 1 fully saturated rings. The Morgan fingerprint density at radius 3 is 2.89 bits per heavy atom. The molecule has 0 aromatic carbocycles. The number of halogens is 1. The number of rotatable bonds is 4. The van der Waals surface area contributed by atoms with E-state index in [0.29, 0.717) is 12.1 Å². The van der Waals surface area contributed by atoms with Gasteiger partial charge in [-0.05, 0) is 32.0 Å². The Balaban J connectivity index is 1.74. The highest BCUT2D eigenvalue weighted by atomic mass is 19.1. The number of aromatic nitrogens is 1. The molecule has 0 saturated carbocycles. The van der Waals surface area contributed by atoms with Gasteiger partial charge in [0.25, 0.3) is 5.91 Å². The normalized spacial score (nSPS) is 16.5. The van der Waals surface area contributed by atoms with Gasteiger partial charge in [-0.1, -0.05) is 6.42 Å². The molecule has 0 atom stereocenters. The third-order valence-electron chi connectivity index (χ3n) is 3.15. The lowest BCUT2D eigenvalue weighted by atomic mass is 10.1. The molecule has 1 amide bonds. The van der Waals surface area contributed by atoms with Crippen LogP contribution in [-0.2, 0) is 0 Å². The van der Waals surface area contributed by atoms with Crippen molar-refractivity contribution < 1.29 is 9.18 Å². The lowest BCUT2D eigenvalue weighted by Crippen LogP contribution is -2.37. The maximum Gasteiger partial charge on any atom is 0.251 e. The molecule has 0 radical (unpaired) electrons. The summed E-state index contributed by atoms with van der Waals surface area (Å²) in [4.78, 5) is 17.5. The van der Waals surface area contributed by atoms with Gasteiger partial charge in [-0.25, -0.2) is 4.98 Å². The molecule has 2 rings (SSSR count). The van der Waals surface area contributed by atoms with Crippen LogP contribution in [0.25, 0.3) is 0 Å². The summed E-state index contributed by atoms with van der Waals surface area (Å²) in [5.74, 6) is -0.869. The second-order valence-electron chi connectivity index (χ2n) is 4.53. The van der Waals surface area contributed by atoms with Crippen molar-refractivity contribution in [2.75, 3.05) is 26.2 Å². The van der Waals surface area contributed by atoms with E-state index < -0.39 is 5.95 Å². The predicted molar refractivity (Wildman–Crippen MR) is 66.8 cm³/mol. The SMILES string of the molecule is O=C(NCCN1CCCCC1)c1ccnc(F)c1. The Hall–Kier alpha value is -1.49. The number of hydrogen-bond acceptors (Lipinski definition) is 3. The number of amides is 1. The molecule has 1 N–H and O–H groups in total. The Morgan fingerprint density at radius 2 is 2.17 bits per heavy atom. The highest BCUT2D eigenvalue weighted by Crippen LogP contribution is 2.07. The molecule has 0 unspecified atom stereocenters. The van der Waals surface area contributed by atoms with Crippen molar-refractivity contribution in [1.82, 2.24) is 15.2 Å². The van der Waals surface area contributed by atoms with E-state index in [1.807, 2.05) is 0 Å². The quantitative estimate of drug-likeness (QED) is 0.824. The molecule has 1 aliphatic heterocycles. The van der Waals surface area contributed by atoms with Crippen LogP contribution in [-0.4, -0.2) is 42.0 Å². The van der Waals surface area contributed by atoms with Crippen molar-refractivity contribution in [2.45, 2.75) is 19.3 Å². The molecule has 0 spiro atoms. The monoisotopic (exact) mass is 251 g/mol. The van der Waals surface area contributed by atoms with Gasteiger partial charge < -0.3 is 10.2 Å². The number of carbonyl (C=O) groups is 1. The largest absolute Gasteiger partial charge is 0.351 e. The minimum Gasteiger partial charge on any atom is -0.351 e. The summed E-state index contributed by atoms with van der Waals surface area (Å²) < 4.78 is 12.8. The molecule has 1 aromatic rings. The lowest BCUT2D eigenvalue weighted by Gasteiger charge is -2.26. The van der Waals surface area contributed by atoms with Gasteiger partial charge in [0, 0.05) is 30.9 Å². The first kappa shape index (κ1) is 13.0. The van der Waals surface area contributed by atoms with Crippen LogP contribution >= 0.6 is 0 Å². The van der Waals surface area contributed by atoms with E-state index >= 15 is 0 Å². The average molecular weight is 251 g/mol. The van der Waals surface area contributed by atoms with Gasteiger partial charge in [-0.2, -0.15) is 4.39 Å². The van der Waals surface area contributed by atoms with E-state index in [2.05, 4.69) is 15.2 Å². The van der Waals surface area contributed by atoms with Crippen molar-refractivity contribution in [2.24, 2.45) is 0 Å². The summed E-state index contributed by atoms with van der Waals surface area (Å²) in [7, 11) is 0. The van der Waals surface area contributed by atoms with Gasteiger partial charge in [0.15, 0.2) is 0 Å². The summed E-state index contributed by atoms with van der Waals surface area (Å²) in [5.41, 5.74) is 0.321. The van der Waals surface area contributed by atoms with Gasteiger partial charge >= 0.3 is 0 Å². The summed E-state index contributed by atoms with van der Waals surface area (Å²) in [6.07, 6.45) is 5.08. The summed E-state index contributed by atoms with van der Waals surface area (Å²) in [6.45, 7) is 3.68. The first-order valence-corrected chi connectivity index (χ1v) is 6.38. The van der Waals surface area contributed by atoms with E-state index in [4.69, 9.17) is 0 Å². The Bertz CT molecular complexity index is 405. The van der Waals surface area contributed by atoms with E-state index in [1.165, 1.54) is 31.5 Å². The Morgan fingerprint density at radius 1 is 1.39 bits per heavy atom. The molecule has 1 aromatic heterocycles. The average Bonchev–Trinajstić information content (AvgIpc) is 2.40. The number of hydrogen-bond donors (Lipinski definition) is 1. The van der Waals surface area contributed by atoms with Gasteiger partial charge in [0.1, 0.15) is 0 Å². The van der Waals surface area contributed by atoms with E-state index in [-0.39, 0.29) is 5.91 Å². The topological polar surface area (TPSA) is 45.2 Å². The van der Waals surface area contributed by atoms with Crippen molar-refractivity contribution in [3.8, 4) is 0 Å². The van der Waals surface area contributed by atoms with Crippen LogP contribution in [0, 0.1) is 5.95 Å². The summed E-state index contributed by atoms with van der Waals surface area (Å²) in [6, 6.07) is 2.66. The molecule has 4 nitrogen and oxygen atoms in total. The fraction of sp³-hybridized carbons (Fsp3) is 0.538. The highest BCUT2D eigenvalue weighted by Gasteiger charge is 2.10. The standard InChI is InChI=1S/C13H18FN3O/c14-12-10-11(4-5-15-12)13(18)16-6-9-17-7-2-1-3-8-17/h4-5,10H,1-3,6-9H2,(H,16,18). The van der Waals surface area contributed by atoms with E-state index in [9.17, 15) is 9.18 Å². The van der Waals surface area contributed by atoms with E-state index in [1.54, 1.807) is 0 Å². The first-order valence-electron chi connectivity index (χ1n) is 6.38. The van der Waals surface area contributed by atoms with Crippen molar-refractivity contribution in [1.29, 1.82) is 0 Å². The van der Waals surface area contributed by atoms with Gasteiger partial charge in [0.05, 0.1) is 0 Å². The number of pyridine rings is 1. The van der Waals surface area contributed by atoms with E-state index in [0.717, 1.165) is 25.7 Å². The number of nitrogens with zero attached hydrogens (tertiary/aromatic N) is 2. The first-order chi connectivity index (χ1) is 8.75. The van der Waals surface area contributed by atoms with Crippen LogP contribution < -0.4 is 5.32 Å². The molecule has 18 heavy (non-hydrogen) atoms. The molecule has 0 bridgehead atoms. The third kappa shape index (κ3) is 3.77. The predicted octanol–water partition coefficient (Wildman–Crippen LogP) is 1.44. The number of piperidine rings is 1. The molecule has 5 heteroatoms. The molecular formula is C13H18FN3O. The van der Waals surface area contributed by atoms with Crippen LogP contribution in [0.5, 0.6) is 0 Å². The minimum atomic E-state index is -0.626. The van der Waals surface area contributed by atoms with Crippen LogP contribution in [0.15, 0.2) is 18.3 Å². The molecule has 0 aliphatic carbocycles. The van der Waals surface area contributed by atoms with Crippen LogP contribution in [0.1, 0.15) is 29.6 Å². The summed E-state index contributed by atoms with van der Waals surface area (Å²) >= 11 is 0. The molecule has 2 heterocycles. The number of nitrogens with one attached hydrogen (secondary N) is 1. The minimum absolute atomic E-state index is 0.242. The van der Waals surface area contributed by atoms with Gasteiger partial charge in [-0.15, -0.1) is 0 Å². The maximum absolute atomic E-state index is 12.8. The van der Waals surface area contributed by atoms with Crippen molar-refractivity contribution >= 4 is 5.91 Å². The smallest absolute Gasteiger partial charge is 0.251 e. The van der Waals surface area contributed by atoms with Crippen LogP contribution in [0.2, 0.25) is 0 Å². The zero-order valence-corrected chi connectivity index (χ0v) is 10.4. The summed E-state index contributed by atoms with van der Waals surface area (Å²) in [5, 5.41) is 2.80. The highest BCUT2D eigenvalue weighted by molar-refractivity contribution is 5.93.